The highest BCUT2D eigenvalue weighted by Crippen LogP contribution is 2.26. The molecule has 26 heavy (non-hydrogen) atoms. The van der Waals surface area contributed by atoms with Crippen LogP contribution in [0.5, 0.6) is 0 Å². The molecule has 136 valence electrons. The van der Waals surface area contributed by atoms with Crippen LogP contribution < -0.4 is 10.6 Å². The molecule has 0 aliphatic carbocycles. The van der Waals surface area contributed by atoms with E-state index in [1.54, 1.807) is 18.2 Å². The SMILES string of the molecule is O=c1[nH]c2ccc(N3CCN(S(=O)(=O)c4ccccc4Cl)CC3)cc2[nH]1. The van der Waals surface area contributed by atoms with Crippen molar-refractivity contribution >= 4 is 38.3 Å². The zero-order valence-corrected chi connectivity index (χ0v) is 15.3. The number of hydrogen-bond acceptors (Lipinski definition) is 4. The lowest BCUT2D eigenvalue weighted by atomic mass is 10.2. The molecule has 0 amide bonds. The Kier molecular flexibility index (Phi) is 4.26. The van der Waals surface area contributed by atoms with Crippen molar-refractivity contribution < 1.29 is 8.42 Å². The Morgan fingerprint density at radius 1 is 0.923 bits per heavy atom. The standard InChI is InChI=1S/C17H17ClN4O3S/c18-13-3-1-2-4-16(13)26(24,25)22-9-7-21(8-10-22)12-5-6-14-15(11-12)20-17(23)19-14/h1-6,11H,7-10H2,(H2,19,20,23). The van der Waals surface area contributed by atoms with Crippen LogP contribution in [0.2, 0.25) is 5.02 Å². The highest BCUT2D eigenvalue weighted by atomic mass is 35.5. The molecule has 1 aromatic heterocycles. The highest BCUT2D eigenvalue weighted by Gasteiger charge is 2.30. The topological polar surface area (TPSA) is 89.3 Å². The molecule has 0 spiro atoms. The minimum atomic E-state index is -3.61. The fourth-order valence-electron chi connectivity index (χ4n) is 3.20. The minimum absolute atomic E-state index is 0.140. The molecule has 1 aliphatic heterocycles. The van der Waals surface area contributed by atoms with Crippen LogP contribution >= 0.6 is 11.6 Å². The maximum absolute atomic E-state index is 12.8. The lowest BCUT2D eigenvalue weighted by Gasteiger charge is -2.35. The number of nitrogens with one attached hydrogen (secondary N) is 2. The smallest absolute Gasteiger partial charge is 0.323 e. The van der Waals surface area contributed by atoms with Crippen molar-refractivity contribution in [1.29, 1.82) is 0 Å². The number of fused-ring (bicyclic) bond motifs is 1. The van der Waals surface area contributed by atoms with E-state index in [1.807, 2.05) is 18.2 Å². The van der Waals surface area contributed by atoms with E-state index in [4.69, 9.17) is 11.6 Å². The number of H-pyrrole nitrogens is 2. The first-order valence-corrected chi connectivity index (χ1v) is 9.99. The molecule has 7 nitrogen and oxygen atoms in total. The summed E-state index contributed by atoms with van der Waals surface area (Å²) in [5.41, 5.74) is 2.19. The van der Waals surface area contributed by atoms with Gasteiger partial charge < -0.3 is 14.9 Å². The van der Waals surface area contributed by atoms with Crippen LogP contribution in [0, 0.1) is 0 Å². The van der Waals surface area contributed by atoms with Crippen molar-refractivity contribution in [1.82, 2.24) is 14.3 Å². The zero-order chi connectivity index (χ0) is 18.3. The monoisotopic (exact) mass is 392 g/mol. The molecule has 0 bridgehead atoms. The van der Waals surface area contributed by atoms with Crippen molar-refractivity contribution in [2.75, 3.05) is 31.1 Å². The summed E-state index contributed by atoms with van der Waals surface area (Å²) in [6, 6.07) is 12.1. The number of benzene rings is 2. The molecule has 9 heteroatoms. The van der Waals surface area contributed by atoms with Gasteiger partial charge in [0.25, 0.3) is 0 Å². The lowest BCUT2D eigenvalue weighted by Crippen LogP contribution is -2.48. The number of aromatic amines is 2. The summed E-state index contributed by atoms with van der Waals surface area (Å²) >= 11 is 6.06. The number of rotatable bonds is 3. The molecule has 4 rings (SSSR count). The van der Waals surface area contributed by atoms with E-state index in [1.165, 1.54) is 10.4 Å². The van der Waals surface area contributed by atoms with Gasteiger partial charge in [-0.2, -0.15) is 4.31 Å². The molecule has 1 fully saturated rings. The van der Waals surface area contributed by atoms with Gasteiger partial charge in [-0.05, 0) is 30.3 Å². The summed E-state index contributed by atoms with van der Waals surface area (Å²) in [5.74, 6) is 0. The number of hydrogen-bond donors (Lipinski definition) is 2. The molecule has 0 radical (unpaired) electrons. The number of piperazine rings is 1. The molecule has 2 N–H and O–H groups in total. The van der Waals surface area contributed by atoms with Crippen LogP contribution in [0.4, 0.5) is 5.69 Å². The molecular weight excluding hydrogens is 376 g/mol. The summed E-state index contributed by atoms with van der Waals surface area (Å²) < 4.78 is 27.1. The van der Waals surface area contributed by atoms with Crippen LogP contribution in [-0.4, -0.2) is 48.9 Å². The van der Waals surface area contributed by atoms with Gasteiger partial charge in [-0.25, -0.2) is 13.2 Å². The average Bonchev–Trinajstić information content (AvgIpc) is 3.01. The first-order valence-electron chi connectivity index (χ1n) is 8.17. The van der Waals surface area contributed by atoms with E-state index in [-0.39, 0.29) is 15.6 Å². The second-order valence-corrected chi connectivity index (χ2v) is 8.44. The molecular formula is C17H17ClN4O3S. The van der Waals surface area contributed by atoms with Gasteiger partial charge in [-0.3, -0.25) is 0 Å². The number of nitrogens with zero attached hydrogens (tertiary/aromatic N) is 2. The predicted octanol–water partition coefficient (Wildman–Crippen LogP) is 2.02. The Labute approximate surface area is 155 Å². The molecule has 2 heterocycles. The van der Waals surface area contributed by atoms with Crippen LogP contribution in [0.1, 0.15) is 0 Å². The van der Waals surface area contributed by atoms with Crippen molar-refractivity contribution in [2.24, 2.45) is 0 Å². The first-order chi connectivity index (χ1) is 12.4. The number of aromatic nitrogens is 2. The Hall–Kier alpha value is -2.29. The van der Waals surface area contributed by atoms with Gasteiger partial charge in [0.05, 0.1) is 16.1 Å². The molecule has 0 unspecified atom stereocenters. The Morgan fingerprint density at radius 2 is 1.62 bits per heavy atom. The summed E-state index contributed by atoms with van der Waals surface area (Å²) in [4.78, 5) is 19.1. The molecule has 1 saturated heterocycles. The van der Waals surface area contributed by atoms with E-state index in [9.17, 15) is 13.2 Å². The predicted molar refractivity (Wildman–Crippen MR) is 101 cm³/mol. The van der Waals surface area contributed by atoms with Gasteiger partial charge in [0.1, 0.15) is 4.90 Å². The molecule has 3 aromatic rings. The summed E-state index contributed by atoms with van der Waals surface area (Å²) in [7, 11) is -3.61. The van der Waals surface area contributed by atoms with Crippen LogP contribution in [0.25, 0.3) is 11.0 Å². The molecule has 2 aromatic carbocycles. The number of anilines is 1. The second kappa shape index (κ2) is 6.46. The first kappa shape index (κ1) is 17.1. The van der Waals surface area contributed by atoms with E-state index < -0.39 is 10.0 Å². The minimum Gasteiger partial charge on any atom is -0.369 e. The van der Waals surface area contributed by atoms with E-state index in [0.717, 1.165) is 16.7 Å². The summed E-state index contributed by atoms with van der Waals surface area (Å²) in [5, 5.41) is 0.233. The van der Waals surface area contributed by atoms with Gasteiger partial charge in [-0.1, -0.05) is 23.7 Å². The third kappa shape index (κ3) is 3.00. The van der Waals surface area contributed by atoms with Crippen LogP contribution in [0.3, 0.4) is 0 Å². The number of imidazole rings is 1. The van der Waals surface area contributed by atoms with Crippen molar-refractivity contribution in [2.45, 2.75) is 4.90 Å². The van der Waals surface area contributed by atoms with Gasteiger partial charge in [-0.15, -0.1) is 0 Å². The third-order valence-electron chi connectivity index (χ3n) is 4.56. The number of sulfonamides is 1. The summed E-state index contributed by atoms with van der Waals surface area (Å²) in [6.07, 6.45) is 0. The summed E-state index contributed by atoms with van der Waals surface area (Å²) in [6.45, 7) is 1.86. The Bertz CT molecular complexity index is 1110. The van der Waals surface area contributed by atoms with E-state index in [2.05, 4.69) is 14.9 Å². The van der Waals surface area contributed by atoms with Crippen LogP contribution in [-0.2, 0) is 10.0 Å². The largest absolute Gasteiger partial charge is 0.369 e. The van der Waals surface area contributed by atoms with Gasteiger partial charge >= 0.3 is 5.69 Å². The van der Waals surface area contributed by atoms with E-state index >= 15 is 0 Å². The Balaban J connectivity index is 1.53. The number of halogens is 1. The van der Waals surface area contributed by atoms with E-state index in [0.29, 0.717) is 26.2 Å². The lowest BCUT2D eigenvalue weighted by molar-refractivity contribution is 0.385. The van der Waals surface area contributed by atoms with Gasteiger partial charge in [0, 0.05) is 31.9 Å². The fourth-order valence-corrected chi connectivity index (χ4v) is 5.11. The maximum atomic E-state index is 12.8. The quantitative estimate of drug-likeness (QED) is 0.713. The zero-order valence-electron chi connectivity index (χ0n) is 13.8. The molecule has 0 atom stereocenters. The average molecular weight is 393 g/mol. The highest BCUT2D eigenvalue weighted by molar-refractivity contribution is 7.89. The van der Waals surface area contributed by atoms with Gasteiger partial charge in [0.15, 0.2) is 0 Å². The normalized spacial score (nSPS) is 16.3. The van der Waals surface area contributed by atoms with Crippen molar-refractivity contribution in [3.05, 3.63) is 58.0 Å². The second-order valence-electron chi connectivity index (χ2n) is 6.13. The van der Waals surface area contributed by atoms with Crippen molar-refractivity contribution in [3.8, 4) is 0 Å². The molecule has 0 saturated carbocycles. The fraction of sp³-hybridized carbons (Fsp3) is 0.235. The maximum Gasteiger partial charge on any atom is 0.323 e. The van der Waals surface area contributed by atoms with Gasteiger partial charge in [0.2, 0.25) is 10.0 Å². The molecule has 1 aliphatic rings. The third-order valence-corrected chi connectivity index (χ3v) is 6.96. The van der Waals surface area contributed by atoms with Crippen LogP contribution in [0.15, 0.2) is 52.2 Å². The van der Waals surface area contributed by atoms with Crippen molar-refractivity contribution in [3.63, 3.8) is 0 Å². The Morgan fingerprint density at radius 3 is 2.35 bits per heavy atom.